The summed E-state index contributed by atoms with van der Waals surface area (Å²) in [5.74, 6) is -0.748. The van der Waals surface area contributed by atoms with Crippen LogP contribution in [0.25, 0.3) is 0 Å². The Kier molecular flexibility index (Phi) is 8.45. The maximum Gasteiger partial charge on any atom is 0.317 e. The number of carbonyl (C=O) groups is 2. The van der Waals surface area contributed by atoms with Gasteiger partial charge in [0.15, 0.2) is 0 Å². The Balaban J connectivity index is 1.88. The molecule has 1 saturated heterocycles. The van der Waals surface area contributed by atoms with Gasteiger partial charge in [0, 0.05) is 12.6 Å². The fourth-order valence-electron chi connectivity index (χ4n) is 3.90. The molecule has 0 radical (unpaired) electrons. The second-order valence-electron chi connectivity index (χ2n) is 7.93. The zero-order chi connectivity index (χ0) is 20.7. The smallest absolute Gasteiger partial charge is 0.317 e. The number of hydrogen-bond donors (Lipinski definition) is 2. The molecule has 2 rings (SSSR count). The average molecular weight is 390 g/mol. The molecule has 156 valence electrons. The summed E-state index contributed by atoms with van der Waals surface area (Å²) in [5, 5.41) is 12.1. The Morgan fingerprint density at radius 1 is 1.21 bits per heavy atom. The van der Waals surface area contributed by atoms with E-state index in [0.717, 1.165) is 44.3 Å². The van der Waals surface area contributed by atoms with E-state index in [1.54, 1.807) is 0 Å². The van der Waals surface area contributed by atoms with Crippen molar-refractivity contribution in [1.29, 1.82) is 0 Å². The number of amides is 1. The number of hydrogen-bond acceptors (Lipinski definition) is 4. The predicted octanol–water partition coefficient (Wildman–Crippen LogP) is 2.69. The predicted molar refractivity (Wildman–Crippen MR) is 111 cm³/mol. The zero-order valence-corrected chi connectivity index (χ0v) is 17.6. The van der Waals surface area contributed by atoms with Crippen molar-refractivity contribution in [3.05, 3.63) is 35.4 Å². The van der Waals surface area contributed by atoms with E-state index in [1.807, 2.05) is 25.8 Å². The Labute approximate surface area is 168 Å². The minimum Gasteiger partial charge on any atom is -0.480 e. The molecule has 1 aromatic rings. The Hall–Kier alpha value is -1.92. The van der Waals surface area contributed by atoms with Gasteiger partial charge in [-0.15, -0.1) is 0 Å². The van der Waals surface area contributed by atoms with Crippen molar-refractivity contribution >= 4 is 11.9 Å². The maximum atomic E-state index is 12.8. The van der Waals surface area contributed by atoms with E-state index in [4.69, 9.17) is 5.11 Å². The minimum atomic E-state index is -0.794. The third-order valence-electron chi connectivity index (χ3n) is 5.91. The molecule has 0 aromatic heterocycles. The highest BCUT2D eigenvalue weighted by Crippen LogP contribution is 2.19. The van der Waals surface area contributed by atoms with Gasteiger partial charge < -0.3 is 10.4 Å². The van der Waals surface area contributed by atoms with Crippen molar-refractivity contribution in [1.82, 2.24) is 15.1 Å². The first-order valence-corrected chi connectivity index (χ1v) is 10.4. The summed E-state index contributed by atoms with van der Waals surface area (Å²) in [6.45, 7) is 7.85. The average Bonchev–Trinajstić information content (AvgIpc) is 2.93. The number of nitrogens with one attached hydrogen (secondary N) is 1. The summed E-state index contributed by atoms with van der Waals surface area (Å²) in [6.07, 6.45) is 3.83. The maximum absolute atomic E-state index is 12.8. The third-order valence-corrected chi connectivity index (χ3v) is 5.91. The van der Waals surface area contributed by atoms with Crippen molar-refractivity contribution in [2.45, 2.75) is 64.6 Å². The molecule has 3 unspecified atom stereocenters. The minimum absolute atomic E-state index is 0.0257. The van der Waals surface area contributed by atoms with Gasteiger partial charge >= 0.3 is 5.97 Å². The first-order valence-electron chi connectivity index (χ1n) is 10.4. The number of aliphatic carboxylic acids is 1. The molecule has 0 spiro atoms. The normalized spacial score (nSPS) is 20.4. The number of benzene rings is 1. The number of nitrogens with zero attached hydrogens (tertiary/aromatic N) is 2. The van der Waals surface area contributed by atoms with E-state index >= 15 is 0 Å². The van der Waals surface area contributed by atoms with Gasteiger partial charge in [0.25, 0.3) is 0 Å². The second-order valence-corrected chi connectivity index (χ2v) is 7.93. The number of aryl methyl sites for hydroxylation is 1. The lowest BCUT2D eigenvalue weighted by Gasteiger charge is -2.29. The number of rotatable bonds is 8. The van der Waals surface area contributed by atoms with Crippen LogP contribution in [0, 0.1) is 0 Å². The molecular formula is C22H35N3O3. The zero-order valence-electron chi connectivity index (χ0n) is 17.6. The van der Waals surface area contributed by atoms with Gasteiger partial charge in [-0.1, -0.05) is 31.2 Å². The van der Waals surface area contributed by atoms with E-state index in [0.29, 0.717) is 0 Å². The summed E-state index contributed by atoms with van der Waals surface area (Å²) in [5.41, 5.74) is 2.41. The van der Waals surface area contributed by atoms with Crippen LogP contribution in [-0.4, -0.2) is 65.5 Å². The summed E-state index contributed by atoms with van der Waals surface area (Å²) >= 11 is 0. The lowest BCUT2D eigenvalue weighted by Crippen LogP contribution is -2.46. The van der Waals surface area contributed by atoms with Crippen LogP contribution >= 0.6 is 0 Å². The van der Waals surface area contributed by atoms with E-state index in [9.17, 15) is 9.59 Å². The monoisotopic (exact) mass is 389 g/mol. The molecule has 1 aromatic carbocycles. The number of carbonyl (C=O) groups excluding carboxylic acids is 1. The highest BCUT2D eigenvalue weighted by Gasteiger charge is 2.27. The molecule has 2 N–H and O–H groups in total. The molecule has 0 bridgehead atoms. The van der Waals surface area contributed by atoms with Crippen LogP contribution in [0.1, 0.15) is 57.2 Å². The number of carboxylic acids is 1. The van der Waals surface area contributed by atoms with E-state index in [1.165, 1.54) is 5.56 Å². The summed E-state index contributed by atoms with van der Waals surface area (Å²) in [7, 11) is 1.87. The molecule has 6 heteroatoms. The quantitative estimate of drug-likeness (QED) is 0.715. The SMILES string of the molecule is CCc1ccc(C(C)NC(=O)C(C)N2CCCC(N(C)CC(=O)O)CC2)cc1. The molecule has 6 nitrogen and oxygen atoms in total. The molecule has 0 aliphatic carbocycles. The van der Waals surface area contributed by atoms with Gasteiger partial charge in [-0.3, -0.25) is 19.4 Å². The molecule has 1 aliphatic rings. The topological polar surface area (TPSA) is 72.9 Å². The van der Waals surface area contributed by atoms with Crippen LogP contribution < -0.4 is 5.32 Å². The fraction of sp³-hybridized carbons (Fsp3) is 0.636. The van der Waals surface area contributed by atoms with Gasteiger partial charge in [-0.25, -0.2) is 0 Å². The lowest BCUT2D eigenvalue weighted by molar-refractivity contribution is -0.138. The molecule has 1 fully saturated rings. The third kappa shape index (κ3) is 6.31. The van der Waals surface area contributed by atoms with Gasteiger partial charge in [0.1, 0.15) is 0 Å². The fourth-order valence-corrected chi connectivity index (χ4v) is 3.90. The van der Waals surface area contributed by atoms with Crippen LogP contribution in [0.3, 0.4) is 0 Å². The van der Waals surface area contributed by atoms with Crippen LogP contribution in [-0.2, 0) is 16.0 Å². The number of likely N-dealkylation sites (tertiary alicyclic amines) is 1. The molecular weight excluding hydrogens is 354 g/mol. The lowest BCUT2D eigenvalue weighted by atomic mass is 10.0. The number of likely N-dealkylation sites (N-methyl/N-ethyl adjacent to an activating group) is 1. The van der Waals surface area contributed by atoms with Crippen molar-refractivity contribution < 1.29 is 14.7 Å². The largest absolute Gasteiger partial charge is 0.480 e. The van der Waals surface area contributed by atoms with Gasteiger partial charge in [-0.05, 0) is 64.3 Å². The second kappa shape index (κ2) is 10.6. The summed E-state index contributed by atoms with van der Waals surface area (Å²) < 4.78 is 0. The Morgan fingerprint density at radius 2 is 1.89 bits per heavy atom. The van der Waals surface area contributed by atoms with E-state index < -0.39 is 5.97 Å². The van der Waals surface area contributed by atoms with Crippen molar-refractivity contribution in [3.63, 3.8) is 0 Å². The van der Waals surface area contributed by atoms with Crippen LogP contribution in [0.4, 0.5) is 0 Å². The van der Waals surface area contributed by atoms with E-state index in [-0.39, 0.29) is 30.6 Å². The van der Waals surface area contributed by atoms with E-state index in [2.05, 4.69) is 41.4 Å². The highest BCUT2D eigenvalue weighted by atomic mass is 16.4. The number of carboxylic acid groups (broad SMARTS) is 1. The van der Waals surface area contributed by atoms with Crippen molar-refractivity contribution in [2.24, 2.45) is 0 Å². The molecule has 28 heavy (non-hydrogen) atoms. The van der Waals surface area contributed by atoms with Crippen molar-refractivity contribution in [3.8, 4) is 0 Å². The van der Waals surface area contributed by atoms with Gasteiger partial charge in [0.05, 0.1) is 18.6 Å². The van der Waals surface area contributed by atoms with Crippen molar-refractivity contribution in [2.75, 3.05) is 26.7 Å². The molecule has 3 atom stereocenters. The summed E-state index contributed by atoms with van der Waals surface area (Å²) in [6, 6.07) is 8.44. The van der Waals surface area contributed by atoms with Gasteiger partial charge in [0.2, 0.25) is 5.91 Å². The van der Waals surface area contributed by atoms with Crippen LogP contribution in [0.5, 0.6) is 0 Å². The molecule has 1 aliphatic heterocycles. The first kappa shape index (κ1) is 22.4. The standard InChI is InChI=1S/C22H35N3O3/c1-5-18-8-10-19(11-9-18)16(2)23-22(28)17(3)25-13-6-7-20(12-14-25)24(4)15-21(26)27/h8-11,16-17,20H,5-7,12-15H2,1-4H3,(H,23,28)(H,26,27). The van der Waals surface area contributed by atoms with Gasteiger partial charge in [-0.2, -0.15) is 0 Å². The first-order chi connectivity index (χ1) is 13.3. The Morgan fingerprint density at radius 3 is 2.50 bits per heavy atom. The molecule has 1 amide bonds. The van der Waals surface area contributed by atoms with Crippen LogP contribution in [0.15, 0.2) is 24.3 Å². The Bertz CT molecular complexity index is 647. The highest BCUT2D eigenvalue weighted by molar-refractivity contribution is 5.81. The molecule has 0 saturated carbocycles. The van der Waals surface area contributed by atoms with Crippen LogP contribution in [0.2, 0.25) is 0 Å². The summed E-state index contributed by atoms with van der Waals surface area (Å²) in [4.78, 5) is 27.9. The molecule has 1 heterocycles.